The number of nitrogens with one attached hydrogen (secondary N) is 2. The maximum Gasteiger partial charge on any atom is 0.314 e. The fraction of sp³-hybridized carbons (Fsp3) is 0.500. The van der Waals surface area contributed by atoms with E-state index in [-0.39, 0.29) is 17.8 Å². The summed E-state index contributed by atoms with van der Waals surface area (Å²) in [5, 5.41) is 15.1. The second kappa shape index (κ2) is 9.90. The maximum atomic E-state index is 11.8. The molecule has 0 spiro atoms. The van der Waals surface area contributed by atoms with Crippen molar-refractivity contribution >= 4 is 6.03 Å². The Morgan fingerprint density at radius 2 is 1.91 bits per heavy atom. The Bertz CT molecular complexity index is 510. The first kappa shape index (κ1) is 19.0. The molecule has 0 aliphatic carbocycles. The third-order valence-electron chi connectivity index (χ3n) is 3.93. The van der Waals surface area contributed by atoms with E-state index < -0.39 is 0 Å². The number of benzene rings is 1. The monoisotopic (exact) mass is 319 g/mol. The molecule has 0 aliphatic rings. The molecule has 1 aromatic carbocycles. The van der Waals surface area contributed by atoms with Crippen LogP contribution in [0.4, 0.5) is 4.79 Å². The highest BCUT2D eigenvalue weighted by Crippen LogP contribution is 2.12. The number of carbonyl (C=O) groups is 1. The van der Waals surface area contributed by atoms with E-state index in [2.05, 4.69) is 28.5 Å². The molecule has 2 amide bonds. The lowest BCUT2D eigenvalue weighted by molar-refractivity contribution is 0.232. The summed E-state index contributed by atoms with van der Waals surface area (Å²) in [6, 6.07) is 7.25. The zero-order valence-corrected chi connectivity index (χ0v) is 14.6. The van der Waals surface area contributed by atoms with Crippen LogP contribution in [-0.4, -0.2) is 49.3 Å². The molecule has 0 heterocycles. The third kappa shape index (κ3) is 7.70. The van der Waals surface area contributed by atoms with Crippen LogP contribution in [0.5, 0.6) is 5.75 Å². The van der Waals surface area contributed by atoms with E-state index >= 15 is 0 Å². The Hall–Kier alpha value is -2.01. The molecule has 1 aromatic rings. The van der Waals surface area contributed by atoms with Crippen molar-refractivity contribution in [3.05, 3.63) is 41.5 Å². The molecule has 0 radical (unpaired) electrons. The molecule has 5 nitrogen and oxygen atoms in total. The van der Waals surface area contributed by atoms with Gasteiger partial charge in [0, 0.05) is 19.1 Å². The van der Waals surface area contributed by atoms with Crippen molar-refractivity contribution in [1.29, 1.82) is 0 Å². The highest BCUT2D eigenvalue weighted by atomic mass is 16.3. The van der Waals surface area contributed by atoms with E-state index in [9.17, 15) is 9.90 Å². The summed E-state index contributed by atoms with van der Waals surface area (Å²) in [7, 11) is 4.00. The van der Waals surface area contributed by atoms with Crippen molar-refractivity contribution in [2.45, 2.75) is 32.7 Å². The van der Waals surface area contributed by atoms with Gasteiger partial charge in [-0.1, -0.05) is 23.8 Å². The quantitative estimate of drug-likeness (QED) is 0.645. The molecule has 0 saturated carbocycles. The Morgan fingerprint density at radius 1 is 1.26 bits per heavy atom. The van der Waals surface area contributed by atoms with Gasteiger partial charge in [0.2, 0.25) is 0 Å². The minimum Gasteiger partial charge on any atom is -0.508 e. The topological polar surface area (TPSA) is 64.6 Å². The molecule has 0 fully saturated rings. The van der Waals surface area contributed by atoms with Gasteiger partial charge in [-0.2, -0.15) is 0 Å². The van der Waals surface area contributed by atoms with E-state index in [4.69, 9.17) is 0 Å². The van der Waals surface area contributed by atoms with Crippen LogP contribution in [0.25, 0.3) is 0 Å². The van der Waals surface area contributed by atoms with Crippen LogP contribution in [0.1, 0.15) is 25.8 Å². The molecule has 0 bridgehead atoms. The fourth-order valence-electron chi connectivity index (χ4n) is 2.13. The number of aromatic hydroxyl groups is 1. The van der Waals surface area contributed by atoms with Crippen molar-refractivity contribution in [3.63, 3.8) is 0 Å². The van der Waals surface area contributed by atoms with Gasteiger partial charge < -0.3 is 20.6 Å². The molecule has 3 N–H and O–H groups in total. The smallest absolute Gasteiger partial charge is 0.314 e. The van der Waals surface area contributed by atoms with Gasteiger partial charge in [-0.15, -0.1) is 0 Å². The summed E-state index contributed by atoms with van der Waals surface area (Å²) in [6.45, 7) is 5.27. The first-order valence-electron chi connectivity index (χ1n) is 8.00. The lowest BCUT2D eigenvalue weighted by atomic mass is 10.1. The highest BCUT2D eigenvalue weighted by molar-refractivity contribution is 5.73. The average molecular weight is 319 g/mol. The molecule has 1 rings (SSSR count). The van der Waals surface area contributed by atoms with Crippen LogP contribution in [0.15, 0.2) is 35.9 Å². The Morgan fingerprint density at radius 3 is 2.48 bits per heavy atom. The van der Waals surface area contributed by atoms with Crippen molar-refractivity contribution in [3.8, 4) is 5.75 Å². The van der Waals surface area contributed by atoms with Gasteiger partial charge in [-0.3, -0.25) is 0 Å². The largest absolute Gasteiger partial charge is 0.508 e. The number of likely N-dealkylation sites (N-methyl/N-ethyl adjacent to an activating group) is 1. The number of nitrogens with zero attached hydrogens (tertiary/aromatic N) is 1. The van der Waals surface area contributed by atoms with E-state index in [0.29, 0.717) is 13.1 Å². The molecule has 128 valence electrons. The van der Waals surface area contributed by atoms with Crippen LogP contribution in [0.3, 0.4) is 0 Å². The van der Waals surface area contributed by atoms with Gasteiger partial charge in [0.15, 0.2) is 0 Å². The minimum atomic E-state index is -0.133. The van der Waals surface area contributed by atoms with Crippen molar-refractivity contribution in [1.82, 2.24) is 15.5 Å². The molecule has 5 heteroatoms. The molecular weight excluding hydrogens is 290 g/mol. The molecule has 23 heavy (non-hydrogen) atoms. The molecule has 1 atom stereocenters. The van der Waals surface area contributed by atoms with Crippen LogP contribution >= 0.6 is 0 Å². The Labute approximate surface area is 139 Å². The van der Waals surface area contributed by atoms with Gasteiger partial charge in [0.25, 0.3) is 0 Å². The summed E-state index contributed by atoms with van der Waals surface area (Å²) < 4.78 is 0. The first-order valence-corrected chi connectivity index (χ1v) is 8.00. The normalized spacial score (nSPS) is 13.0. The SMILES string of the molecule is C/C=C(\C)CCNC(=O)NCC(Cc1ccc(O)cc1)N(C)C. The second-order valence-corrected chi connectivity index (χ2v) is 6.01. The van der Waals surface area contributed by atoms with Gasteiger partial charge >= 0.3 is 6.03 Å². The van der Waals surface area contributed by atoms with Crippen molar-refractivity contribution < 1.29 is 9.90 Å². The number of allylic oxidation sites excluding steroid dienone is 1. The predicted octanol–water partition coefficient (Wildman–Crippen LogP) is 2.52. The van der Waals surface area contributed by atoms with E-state index in [1.165, 1.54) is 5.57 Å². The number of phenolic OH excluding ortho intramolecular Hbond substituents is 1. The standard InChI is InChI=1S/C18H29N3O2/c1-5-14(2)10-11-19-18(23)20-13-16(21(3)4)12-15-6-8-17(22)9-7-15/h5-9,16,22H,10-13H2,1-4H3,(H2,19,20,23)/b14-5+. The number of carbonyl (C=O) groups excluding carboxylic acids is 1. The third-order valence-corrected chi connectivity index (χ3v) is 3.93. The van der Waals surface area contributed by atoms with Gasteiger partial charge in [-0.05, 0) is 58.5 Å². The Kier molecular flexibility index (Phi) is 8.19. The summed E-state index contributed by atoms with van der Waals surface area (Å²) in [4.78, 5) is 13.9. The summed E-state index contributed by atoms with van der Waals surface area (Å²) >= 11 is 0. The first-order chi connectivity index (χ1) is 10.9. The second-order valence-electron chi connectivity index (χ2n) is 6.01. The van der Waals surface area contributed by atoms with E-state index in [0.717, 1.165) is 18.4 Å². The number of phenols is 1. The van der Waals surface area contributed by atoms with Crippen LogP contribution < -0.4 is 10.6 Å². The predicted molar refractivity (Wildman–Crippen MR) is 94.7 cm³/mol. The van der Waals surface area contributed by atoms with E-state index in [1.54, 1.807) is 12.1 Å². The number of urea groups is 1. The number of hydrogen-bond acceptors (Lipinski definition) is 3. The molecule has 0 aliphatic heterocycles. The zero-order chi connectivity index (χ0) is 17.2. The van der Waals surface area contributed by atoms with Gasteiger partial charge in [0.05, 0.1) is 0 Å². The molecule has 0 saturated heterocycles. The molecule has 1 unspecified atom stereocenters. The summed E-state index contributed by atoms with van der Waals surface area (Å²) in [6.07, 6.45) is 3.74. The maximum absolute atomic E-state index is 11.8. The van der Waals surface area contributed by atoms with Crippen molar-refractivity contribution in [2.24, 2.45) is 0 Å². The minimum absolute atomic E-state index is 0.133. The van der Waals surface area contributed by atoms with Gasteiger partial charge in [0.1, 0.15) is 5.75 Å². The average Bonchev–Trinajstić information content (AvgIpc) is 2.52. The lowest BCUT2D eigenvalue weighted by Crippen LogP contribution is -2.45. The zero-order valence-electron chi connectivity index (χ0n) is 14.6. The highest BCUT2D eigenvalue weighted by Gasteiger charge is 2.13. The van der Waals surface area contributed by atoms with Crippen molar-refractivity contribution in [2.75, 3.05) is 27.2 Å². The summed E-state index contributed by atoms with van der Waals surface area (Å²) in [5.74, 6) is 0.268. The lowest BCUT2D eigenvalue weighted by Gasteiger charge is -2.25. The van der Waals surface area contributed by atoms with Crippen LogP contribution in [0.2, 0.25) is 0 Å². The Balaban J connectivity index is 2.41. The number of amides is 2. The fourth-order valence-corrected chi connectivity index (χ4v) is 2.13. The number of hydrogen-bond donors (Lipinski definition) is 3. The molecule has 0 aromatic heterocycles. The van der Waals surface area contributed by atoms with Gasteiger partial charge in [-0.25, -0.2) is 4.79 Å². The molecular formula is C18H29N3O2. The van der Waals surface area contributed by atoms with Crippen LogP contribution in [0, 0.1) is 0 Å². The summed E-state index contributed by atoms with van der Waals surface area (Å²) in [5.41, 5.74) is 2.40. The van der Waals surface area contributed by atoms with E-state index in [1.807, 2.05) is 33.2 Å². The number of rotatable bonds is 8. The van der Waals surface area contributed by atoms with Crippen LogP contribution in [-0.2, 0) is 6.42 Å².